The van der Waals surface area contributed by atoms with E-state index in [-0.39, 0.29) is 24.4 Å². The minimum Gasteiger partial charge on any atom is -0.457 e. The molecule has 2 aromatic rings. The highest BCUT2D eigenvalue weighted by atomic mass is 32.2. The van der Waals surface area contributed by atoms with Crippen LogP contribution in [0.1, 0.15) is 23.6 Å². The van der Waals surface area contributed by atoms with E-state index in [1.807, 2.05) is 0 Å². The lowest BCUT2D eigenvalue weighted by Crippen LogP contribution is -2.31. The highest BCUT2D eigenvalue weighted by Gasteiger charge is 2.30. The molecule has 0 saturated carbocycles. The summed E-state index contributed by atoms with van der Waals surface area (Å²) in [6.45, 7) is 1.07. The average molecular weight is 438 g/mol. The largest absolute Gasteiger partial charge is 0.457 e. The minimum absolute atomic E-state index is 0.0182. The van der Waals surface area contributed by atoms with Crippen molar-refractivity contribution in [3.8, 4) is 0 Å². The number of rotatable bonds is 5. The molecule has 0 amide bonds. The second kappa shape index (κ2) is 8.31. The van der Waals surface area contributed by atoms with E-state index in [4.69, 9.17) is 4.74 Å². The van der Waals surface area contributed by atoms with Gasteiger partial charge in [-0.05, 0) is 30.2 Å². The molecule has 158 valence electrons. The van der Waals surface area contributed by atoms with E-state index < -0.39 is 27.9 Å². The molecule has 0 unspecified atom stereocenters. The van der Waals surface area contributed by atoms with Crippen LogP contribution in [-0.2, 0) is 39.1 Å². The van der Waals surface area contributed by atoms with Gasteiger partial charge in [-0.1, -0.05) is 42.5 Å². The standard InChI is InChI=1S/C20H17F3N2O4S/c1-14-18(12-25(30(27,28)24-14)11-15-5-3-2-4-6-15)19(26)29-13-16-7-9-17(10-8-16)20(21,22)23/h2-10,12H,11,13H2,1H3. The topological polar surface area (TPSA) is 76.0 Å². The Bertz CT molecular complexity index is 1090. The predicted octanol–water partition coefficient (Wildman–Crippen LogP) is 3.85. The summed E-state index contributed by atoms with van der Waals surface area (Å²) in [6.07, 6.45) is -3.30. The number of hydrogen-bond acceptors (Lipinski definition) is 4. The molecule has 0 spiro atoms. The Hall–Kier alpha value is -3.14. The van der Waals surface area contributed by atoms with Crippen molar-refractivity contribution in [3.63, 3.8) is 0 Å². The summed E-state index contributed by atoms with van der Waals surface area (Å²) < 4.78 is 72.1. The molecular weight excluding hydrogens is 421 g/mol. The third kappa shape index (κ3) is 5.07. The summed E-state index contributed by atoms with van der Waals surface area (Å²) in [5.41, 5.74) is 0.169. The lowest BCUT2D eigenvalue weighted by molar-refractivity contribution is -0.140. The first-order valence-electron chi connectivity index (χ1n) is 8.74. The fraction of sp³-hybridized carbons (Fsp3) is 0.200. The number of benzene rings is 2. The van der Waals surface area contributed by atoms with Crippen LogP contribution in [0.15, 0.2) is 70.8 Å². The van der Waals surface area contributed by atoms with E-state index in [1.165, 1.54) is 19.1 Å². The van der Waals surface area contributed by atoms with Gasteiger partial charge >= 0.3 is 22.4 Å². The molecule has 0 radical (unpaired) electrons. The fourth-order valence-electron chi connectivity index (χ4n) is 2.69. The normalized spacial score (nSPS) is 15.9. The van der Waals surface area contributed by atoms with Crippen molar-refractivity contribution in [1.82, 2.24) is 4.31 Å². The van der Waals surface area contributed by atoms with Crippen LogP contribution in [0.5, 0.6) is 0 Å². The smallest absolute Gasteiger partial charge is 0.416 e. The second-order valence-corrected chi connectivity index (χ2v) is 8.05. The Morgan fingerprint density at radius 2 is 1.67 bits per heavy atom. The number of halogens is 3. The first-order valence-corrected chi connectivity index (χ1v) is 10.1. The van der Waals surface area contributed by atoms with Crippen LogP contribution < -0.4 is 0 Å². The first kappa shape index (κ1) is 21.6. The SMILES string of the molecule is CC1=NS(=O)(=O)N(Cc2ccccc2)C=C1C(=O)OCc1ccc(C(F)(F)F)cc1. The summed E-state index contributed by atoms with van der Waals surface area (Å²) in [5.74, 6) is -0.830. The molecule has 10 heteroatoms. The van der Waals surface area contributed by atoms with Gasteiger partial charge in [-0.2, -0.15) is 21.6 Å². The number of hydrogen-bond donors (Lipinski definition) is 0. The Balaban J connectivity index is 1.73. The molecule has 0 saturated heterocycles. The molecule has 0 aliphatic carbocycles. The molecule has 30 heavy (non-hydrogen) atoms. The van der Waals surface area contributed by atoms with Crippen molar-refractivity contribution in [3.05, 3.63) is 83.1 Å². The van der Waals surface area contributed by atoms with Crippen LogP contribution in [0.3, 0.4) is 0 Å². The minimum atomic E-state index is -4.45. The maximum Gasteiger partial charge on any atom is 0.416 e. The van der Waals surface area contributed by atoms with Crippen LogP contribution in [0.2, 0.25) is 0 Å². The Morgan fingerprint density at radius 1 is 1.03 bits per heavy atom. The summed E-state index contributed by atoms with van der Waals surface area (Å²) >= 11 is 0. The van der Waals surface area contributed by atoms with E-state index in [0.29, 0.717) is 11.1 Å². The summed E-state index contributed by atoms with van der Waals surface area (Å²) in [6, 6.07) is 13.0. The third-order valence-electron chi connectivity index (χ3n) is 4.26. The Morgan fingerprint density at radius 3 is 2.27 bits per heavy atom. The maximum atomic E-state index is 12.6. The molecule has 0 bridgehead atoms. The van der Waals surface area contributed by atoms with Gasteiger partial charge in [-0.15, -0.1) is 4.40 Å². The van der Waals surface area contributed by atoms with Gasteiger partial charge in [-0.3, -0.25) is 4.31 Å². The quantitative estimate of drug-likeness (QED) is 0.665. The molecule has 0 atom stereocenters. The zero-order chi connectivity index (χ0) is 21.9. The molecule has 1 aliphatic rings. The molecule has 1 aliphatic heterocycles. The molecule has 6 nitrogen and oxygen atoms in total. The summed E-state index contributed by atoms with van der Waals surface area (Å²) in [7, 11) is -3.99. The van der Waals surface area contributed by atoms with Crippen LogP contribution >= 0.6 is 0 Å². The number of alkyl halides is 3. The monoisotopic (exact) mass is 438 g/mol. The third-order valence-corrected chi connectivity index (χ3v) is 5.60. The van der Waals surface area contributed by atoms with Gasteiger partial charge in [0, 0.05) is 6.20 Å². The van der Waals surface area contributed by atoms with Crippen molar-refractivity contribution >= 4 is 21.9 Å². The first-order chi connectivity index (χ1) is 14.1. The van der Waals surface area contributed by atoms with Gasteiger partial charge in [-0.25, -0.2) is 4.79 Å². The molecule has 0 N–H and O–H groups in total. The van der Waals surface area contributed by atoms with Gasteiger partial charge < -0.3 is 4.74 Å². The number of carbonyl (C=O) groups is 1. The maximum absolute atomic E-state index is 12.6. The van der Waals surface area contributed by atoms with Gasteiger partial charge in [0.05, 0.1) is 23.4 Å². The molecule has 1 heterocycles. The zero-order valence-electron chi connectivity index (χ0n) is 15.8. The molecule has 3 rings (SSSR count). The lowest BCUT2D eigenvalue weighted by atomic mass is 10.1. The van der Waals surface area contributed by atoms with Crippen LogP contribution in [0.4, 0.5) is 13.2 Å². The highest BCUT2D eigenvalue weighted by Crippen LogP contribution is 2.29. The molecule has 2 aromatic carbocycles. The summed E-state index contributed by atoms with van der Waals surface area (Å²) in [5, 5.41) is 0. The van der Waals surface area contributed by atoms with E-state index in [2.05, 4.69) is 4.40 Å². The van der Waals surface area contributed by atoms with Gasteiger partial charge in [0.25, 0.3) is 0 Å². The Kier molecular flexibility index (Phi) is 5.97. The predicted molar refractivity (Wildman–Crippen MR) is 103 cm³/mol. The van der Waals surface area contributed by atoms with Gasteiger partial charge in [0.2, 0.25) is 0 Å². The van der Waals surface area contributed by atoms with Crippen molar-refractivity contribution in [2.45, 2.75) is 26.3 Å². The summed E-state index contributed by atoms with van der Waals surface area (Å²) in [4.78, 5) is 12.4. The molecule has 0 fully saturated rings. The Labute approximate surface area is 171 Å². The van der Waals surface area contributed by atoms with Crippen LogP contribution in [0.25, 0.3) is 0 Å². The fourth-order valence-corrected chi connectivity index (χ4v) is 3.79. The van der Waals surface area contributed by atoms with Gasteiger partial charge in [0.15, 0.2) is 0 Å². The highest BCUT2D eigenvalue weighted by molar-refractivity contribution is 7.88. The van der Waals surface area contributed by atoms with E-state index >= 15 is 0 Å². The van der Waals surface area contributed by atoms with Crippen LogP contribution in [-0.4, -0.2) is 24.4 Å². The average Bonchev–Trinajstić information content (AvgIpc) is 2.68. The number of carbonyl (C=O) groups excluding carboxylic acids is 1. The van der Waals surface area contributed by atoms with E-state index in [1.54, 1.807) is 30.3 Å². The van der Waals surface area contributed by atoms with Crippen molar-refractivity contribution in [2.75, 3.05) is 0 Å². The number of ether oxygens (including phenoxy) is 1. The van der Waals surface area contributed by atoms with Crippen molar-refractivity contribution in [1.29, 1.82) is 0 Å². The van der Waals surface area contributed by atoms with E-state index in [9.17, 15) is 26.4 Å². The number of nitrogens with zero attached hydrogens (tertiary/aromatic N) is 2. The van der Waals surface area contributed by atoms with Crippen LogP contribution in [0, 0.1) is 0 Å². The van der Waals surface area contributed by atoms with Crippen molar-refractivity contribution < 1.29 is 31.1 Å². The second-order valence-electron chi connectivity index (χ2n) is 6.50. The van der Waals surface area contributed by atoms with Crippen molar-refractivity contribution in [2.24, 2.45) is 4.40 Å². The number of esters is 1. The van der Waals surface area contributed by atoms with Gasteiger partial charge in [0.1, 0.15) is 6.61 Å². The molecule has 0 aromatic heterocycles. The lowest BCUT2D eigenvalue weighted by Gasteiger charge is -2.23. The van der Waals surface area contributed by atoms with E-state index in [0.717, 1.165) is 22.6 Å². The molecular formula is C20H17F3N2O4S. The zero-order valence-corrected chi connectivity index (χ0v) is 16.6.